The van der Waals surface area contributed by atoms with Crippen molar-refractivity contribution in [3.8, 4) is 5.75 Å². The summed E-state index contributed by atoms with van der Waals surface area (Å²) in [6, 6.07) is 7.70. The van der Waals surface area contributed by atoms with Crippen molar-refractivity contribution in [1.29, 1.82) is 0 Å². The fourth-order valence-corrected chi connectivity index (χ4v) is 1.51. The van der Waals surface area contributed by atoms with Gasteiger partial charge < -0.3 is 9.84 Å². The molecule has 0 spiro atoms. The fraction of sp³-hybridized carbons (Fsp3) is 0.417. The van der Waals surface area contributed by atoms with Gasteiger partial charge in [-0.05, 0) is 31.7 Å². The first kappa shape index (κ1) is 12.5. The van der Waals surface area contributed by atoms with E-state index in [1.807, 2.05) is 31.2 Å². The summed E-state index contributed by atoms with van der Waals surface area (Å²) in [5, 5.41) is 8.71. The van der Waals surface area contributed by atoms with E-state index >= 15 is 0 Å². The van der Waals surface area contributed by atoms with Gasteiger partial charge in [0, 0.05) is 6.04 Å². The van der Waals surface area contributed by atoms with E-state index in [2.05, 4.69) is 0 Å². The van der Waals surface area contributed by atoms with Gasteiger partial charge >= 0.3 is 5.97 Å². The normalized spacial score (nSPS) is 12.5. The van der Waals surface area contributed by atoms with Gasteiger partial charge in [0.15, 0.2) is 0 Å². The van der Waals surface area contributed by atoms with E-state index in [9.17, 15) is 4.79 Å². The molecule has 0 bridgehead atoms. The third-order valence-electron chi connectivity index (χ3n) is 2.62. The van der Waals surface area contributed by atoms with Crippen molar-refractivity contribution in [2.24, 2.45) is 0 Å². The number of hydrogen-bond acceptors (Lipinski definition) is 3. The number of aliphatic carboxylic acids is 1. The molecule has 0 radical (unpaired) electrons. The van der Waals surface area contributed by atoms with E-state index in [4.69, 9.17) is 9.84 Å². The Morgan fingerprint density at radius 2 is 2.25 bits per heavy atom. The highest BCUT2D eigenvalue weighted by Gasteiger charge is 2.14. The number of benzene rings is 1. The van der Waals surface area contributed by atoms with Crippen LogP contribution in [0, 0.1) is 0 Å². The van der Waals surface area contributed by atoms with Crippen molar-refractivity contribution < 1.29 is 14.6 Å². The fourth-order valence-electron chi connectivity index (χ4n) is 1.51. The number of likely N-dealkylation sites (N-methyl/N-ethyl adjacent to an activating group) is 1. The topological polar surface area (TPSA) is 49.8 Å². The zero-order chi connectivity index (χ0) is 12.1. The van der Waals surface area contributed by atoms with Crippen molar-refractivity contribution in [1.82, 2.24) is 4.90 Å². The summed E-state index contributed by atoms with van der Waals surface area (Å²) >= 11 is 0. The lowest BCUT2D eigenvalue weighted by atomic mass is 10.1. The summed E-state index contributed by atoms with van der Waals surface area (Å²) in [7, 11) is 3.41. The van der Waals surface area contributed by atoms with Gasteiger partial charge in [-0.25, -0.2) is 0 Å². The molecule has 1 unspecified atom stereocenters. The first-order valence-electron chi connectivity index (χ1n) is 5.10. The van der Waals surface area contributed by atoms with Gasteiger partial charge in [0.2, 0.25) is 0 Å². The highest BCUT2D eigenvalue weighted by molar-refractivity contribution is 5.69. The molecule has 1 rings (SSSR count). The molecule has 16 heavy (non-hydrogen) atoms. The van der Waals surface area contributed by atoms with Gasteiger partial charge in [0.1, 0.15) is 5.75 Å². The molecule has 0 heterocycles. The molecule has 4 heteroatoms. The van der Waals surface area contributed by atoms with E-state index in [-0.39, 0.29) is 12.6 Å². The number of carboxylic acid groups (broad SMARTS) is 1. The lowest BCUT2D eigenvalue weighted by Crippen LogP contribution is -2.28. The molecule has 1 aromatic carbocycles. The molecule has 88 valence electrons. The van der Waals surface area contributed by atoms with E-state index < -0.39 is 5.97 Å². The standard InChI is InChI=1S/C12H17NO3/c1-9(13(2)8-12(14)15)10-5-4-6-11(7-10)16-3/h4-7,9H,8H2,1-3H3,(H,14,15). The monoisotopic (exact) mass is 223 g/mol. The molecule has 1 aromatic rings. The summed E-state index contributed by atoms with van der Waals surface area (Å²) in [6.45, 7) is 2.00. The van der Waals surface area contributed by atoms with Gasteiger partial charge in [-0.1, -0.05) is 12.1 Å². The summed E-state index contributed by atoms with van der Waals surface area (Å²) in [6.07, 6.45) is 0. The Hall–Kier alpha value is -1.55. The predicted octanol–water partition coefficient (Wildman–Crippen LogP) is 1.77. The summed E-state index contributed by atoms with van der Waals surface area (Å²) in [5.74, 6) is -0.0367. The first-order chi connectivity index (χ1) is 7.54. The van der Waals surface area contributed by atoms with Gasteiger partial charge in [-0.3, -0.25) is 9.69 Å². The maximum atomic E-state index is 10.6. The largest absolute Gasteiger partial charge is 0.497 e. The van der Waals surface area contributed by atoms with Crippen LogP contribution in [-0.2, 0) is 4.79 Å². The molecule has 0 aliphatic carbocycles. The second kappa shape index (κ2) is 5.51. The minimum atomic E-state index is -0.822. The first-order valence-corrected chi connectivity index (χ1v) is 5.10. The minimum Gasteiger partial charge on any atom is -0.497 e. The summed E-state index contributed by atoms with van der Waals surface area (Å²) < 4.78 is 5.13. The van der Waals surface area contributed by atoms with Crippen molar-refractivity contribution >= 4 is 5.97 Å². The van der Waals surface area contributed by atoms with Crippen LogP contribution in [0.1, 0.15) is 18.5 Å². The average molecular weight is 223 g/mol. The third-order valence-corrected chi connectivity index (χ3v) is 2.62. The second-order valence-electron chi connectivity index (χ2n) is 3.76. The van der Waals surface area contributed by atoms with Crippen LogP contribution in [0.15, 0.2) is 24.3 Å². The maximum absolute atomic E-state index is 10.6. The SMILES string of the molecule is COc1cccc(C(C)N(C)CC(=O)O)c1. The molecule has 4 nitrogen and oxygen atoms in total. The van der Waals surface area contributed by atoms with Crippen LogP contribution in [0.2, 0.25) is 0 Å². The summed E-state index contributed by atoms with van der Waals surface area (Å²) in [4.78, 5) is 12.4. The quantitative estimate of drug-likeness (QED) is 0.826. The Morgan fingerprint density at radius 1 is 1.56 bits per heavy atom. The van der Waals surface area contributed by atoms with Crippen molar-refractivity contribution in [2.45, 2.75) is 13.0 Å². The molecule has 0 saturated heterocycles. The number of rotatable bonds is 5. The molecule has 1 atom stereocenters. The minimum absolute atomic E-state index is 0.0262. The Bertz CT molecular complexity index is 365. The van der Waals surface area contributed by atoms with Crippen LogP contribution < -0.4 is 4.74 Å². The highest BCUT2D eigenvalue weighted by atomic mass is 16.5. The molecule has 0 amide bonds. The van der Waals surface area contributed by atoms with Crippen LogP contribution in [0.5, 0.6) is 5.75 Å². The molecule has 0 saturated carbocycles. The Labute approximate surface area is 95.5 Å². The van der Waals surface area contributed by atoms with Gasteiger partial charge in [-0.15, -0.1) is 0 Å². The third kappa shape index (κ3) is 3.24. The zero-order valence-corrected chi connectivity index (χ0v) is 9.80. The van der Waals surface area contributed by atoms with E-state index in [0.29, 0.717) is 0 Å². The van der Waals surface area contributed by atoms with Gasteiger partial charge in [-0.2, -0.15) is 0 Å². The van der Waals surface area contributed by atoms with Crippen molar-refractivity contribution in [3.05, 3.63) is 29.8 Å². The zero-order valence-electron chi connectivity index (χ0n) is 9.80. The predicted molar refractivity (Wildman–Crippen MR) is 61.7 cm³/mol. The molecular weight excluding hydrogens is 206 g/mol. The van der Waals surface area contributed by atoms with Crippen molar-refractivity contribution in [2.75, 3.05) is 20.7 Å². The lowest BCUT2D eigenvalue weighted by Gasteiger charge is -2.23. The number of carboxylic acids is 1. The number of nitrogens with zero attached hydrogens (tertiary/aromatic N) is 1. The van der Waals surface area contributed by atoms with E-state index in [0.717, 1.165) is 11.3 Å². The smallest absolute Gasteiger partial charge is 0.317 e. The summed E-state index contributed by atoms with van der Waals surface area (Å²) in [5.41, 5.74) is 1.04. The molecule has 0 aromatic heterocycles. The second-order valence-corrected chi connectivity index (χ2v) is 3.76. The average Bonchev–Trinajstić information content (AvgIpc) is 2.27. The lowest BCUT2D eigenvalue weighted by molar-refractivity contribution is -0.138. The Balaban J connectivity index is 2.78. The number of methoxy groups -OCH3 is 1. The molecule has 0 fully saturated rings. The van der Waals surface area contributed by atoms with Gasteiger partial charge in [0.25, 0.3) is 0 Å². The van der Waals surface area contributed by atoms with Crippen LogP contribution in [0.3, 0.4) is 0 Å². The van der Waals surface area contributed by atoms with Crippen LogP contribution in [-0.4, -0.2) is 36.7 Å². The molecule has 0 aliphatic rings. The van der Waals surface area contributed by atoms with Crippen molar-refractivity contribution in [3.63, 3.8) is 0 Å². The highest BCUT2D eigenvalue weighted by Crippen LogP contribution is 2.22. The molecule has 1 N–H and O–H groups in total. The van der Waals surface area contributed by atoms with Crippen LogP contribution >= 0.6 is 0 Å². The number of carbonyl (C=O) groups is 1. The van der Waals surface area contributed by atoms with E-state index in [1.165, 1.54) is 0 Å². The number of hydrogen-bond donors (Lipinski definition) is 1. The Kier molecular flexibility index (Phi) is 4.31. The van der Waals surface area contributed by atoms with Gasteiger partial charge in [0.05, 0.1) is 13.7 Å². The Morgan fingerprint density at radius 3 is 2.81 bits per heavy atom. The number of ether oxygens (including phenoxy) is 1. The van der Waals surface area contributed by atoms with Crippen LogP contribution in [0.25, 0.3) is 0 Å². The molecular formula is C12H17NO3. The molecule has 0 aliphatic heterocycles. The maximum Gasteiger partial charge on any atom is 0.317 e. The van der Waals surface area contributed by atoms with E-state index in [1.54, 1.807) is 19.1 Å². The van der Waals surface area contributed by atoms with Crippen LogP contribution in [0.4, 0.5) is 0 Å².